The highest BCUT2D eigenvalue weighted by Gasteiger charge is 2.24. The molecule has 0 aliphatic heterocycles. The molecule has 0 spiro atoms. The van der Waals surface area contributed by atoms with E-state index in [1.54, 1.807) is 20.0 Å². The number of hydrogen-bond donors (Lipinski definition) is 1. The Labute approximate surface area is 126 Å². The van der Waals surface area contributed by atoms with Gasteiger partial charge in [0.25, 0.3) is 5.69 Å². The third-order valence-corrected chi connectivity index (χ3v) is 4.49. The van der Waals surface area contributed by atoms with Crippen molar-refractivity contribution in [3.05, 3.63) is 33.1 Å². The van der Waals surface area contributed by atoms with E-state index in [2.05, 4.69) is 24.1 Å². The lowest BCUT2D eigenvalue weighted by Gasteiger charge is -2.32. The molecule has 116 valence electrons. The van der Waals surface area contributed by atoms with Crippen molar-refractivity contribution in [1.29, 1.82) is 0 Å². The Bertz CT molecular complexity index is 520. The number of aromatic nitrogens is 1. The standard InChI is InChI=1S/C16H25N3O2/c1-10-5-11(2)7-14(6-10)17-9-15-13(4)16(19(20)21)12(3)8-18-15/h8,10-11,14,17H,5-7,9H2,1-4H3. The molecule has 2 rings (SSSR count). The third kappa shape index (κ3) is 3.79. The van der Waals surface area contributed by atoms with Crippen LogP contribution < -0.4 is 5.32 Å². The fourth-order valence-electron chi connectivity index (χ4n) is 3.58. The minimum absolute atomic E-state index is 0.201. The highest BCUT2D eigenvalue weighted by atomic mass is 16.6. The van der Waals surface area contributed by atoms with Crippen LogP contribution in [0.1, 0.15) is 49.9 Å². The van der Waals surface area contributed by atoms with Gasteiger partial charge in [0.05, 0.1) is 10.6 Å². The Balaban J connectivity index is 2.07. The summed E-state index contributed by atoms with van der Waals surface area (Å²) in [4.78, 5) is 15.2. The summed E-state index contributed by atoms with van der Waals surface area (Å²) >= 11 is 0. The van der Waals surface area contributed by atoms with Gasteiger partial charge in [0.1, 0.15) is 0 Å². The van der Waals surface area contributed by atoms with Gasteiger partial charge < -0.3 is 5.32 Å². The Kier molecular flexibility index (Phi) is 4.93. The predicted octanol–water partition coefficient (Wildman–Crippen LogP) is 3.52. The summed E-state index contributed by atoms with van der Waals surface area (Å²) in [6.07, 6.45) is 5.26. The second-order valence-electron chi connectivity index (χ2n) is 6.61. The van der Waals surface area contributed by atoms with E-state index in [1.807, 2.05) is 0 Å². The van der Waals surface area contributed by atoms with E-state index in [9.17, 15) is 10.1 Å². The van der Waals surface area contributed by atoms with Gasteiger partial charge >= 0.3 is 0 Å². The molecule has 5 nitrogen and oxygen atoms in total. The van der Waals surface area contributed by atoms with Gasteiger partial charge in [-0.3, -0.25) is 15.1 Å². The van der Waals surface area contributed by atoms with Crippen molar-refractivity contribution in [1.82, 2.24) is 10.3 Å². The molecule has 0 amide bonds. The number of rotatable bonds is 4. The summed E-state index contributed by atoms with van der Waals surface area (Å²) in [5.41, 5.74) is 2.30. The molecule has 2 atom stereocenters. The fourth-order valence-corrected chi connectivity index (χ4v) is 3.58. The first-order chi connectivity index (χ1) is 9.88. The zero-order valence-corrected chi connectivity index (χ0v) is 13.3. The second kappa shape index (κ2) is 6.52. The molecule has 1 fully saturated rings. The van der Waals surface area contributed by atoms with Gasteiger partial charge in [0, 0.05) is 29.9 Å². The molecule has 0 radical (unpaired) electrons. The van der Waals surface area contributed by atoms with E-state index >= 15 is 0 Å². The lowest BCUT2D eigenvalue weighted by Crippen LogP contribution is -2.36. The maximum atomic E-state index is 11.1. The Morgan fingerprint density at radius 2 is 1.90 bits per heavy atom. The van der Waals surface area contributed by atoms with Crippen LogP contribution in [0.2, 0.25) is 0 Å². The van der Waals surface area contributed by atoms with Gasteiger partial charge in [-0.25, -0.2) is 0 Å². The highest BCUT2D eigenvalue weighted by Crippen LogP contribution is 2.29. The first kappa shape index (κ1) is 15.9. The maximum absolute atomic E-state index is 11.1. The van der Waals surface area contributed by atoms with Crippen LogP contribution in [0.15, 0.2) is 6.20 Å². The summed E-state index contributed by atoms with van der Waals surface area (Å²) in [5, 5.41) is 14.7. The summed E-state index contributed by atoms with van der Waals surface area (Å²) in [5.74, 6) is 1.49. The third-order valence-electron chi connectivity index (χ3n) is 4.49. The lowest BCUT2D eigenvalue weighted by atomic mass is 9.80. The minimum Gasteiger partial charge on any atom is -0.308 e. The molecule has 1 heterocycles. The van der Waals surface area contributed by atoms with Gasteiger partial charge in [-0.15, -0.1) is 0 Å². The fraction of sp³-hybridized carbons (Fsp3) is 0.688. The van der Waals surface area contributed by atoms with Crippen LogP contribution in [-0.2, 0) is 6.54 Å². The van der Waals surface area contributed by atoms with Gasteiger partial charge in [-0.05, 0) is 44.9 Å². The topological polar surface area (TPSA) is 68.1 Å². The van der Waals surface area contributed by atoms with Gasteiger partial charge in [-0.2, -0.15) is 0 Å². The smallest absolute Gasteiger partial charge is 0.278 e. The first-order valence-corrected chi connectivity index (χ1v) is 7.71. The number of hydrogen-bond acceptors (Lipinski definition) is 4. The van der Waals surface area contributed by atoms with Gasteiger partial charge in [0.15, 0.2) is 0 Å². The van der Waals surface area contributed by atoms with Crippen molar-refractivity contribution in [2.75, 3.05) is 0 Å². The number of aryl methyl sites for hydroxylation is 1. The van der Waals surface area contributed by atoms with Crippen LogP contribution in [0.25, 0.3) is 0 Å². The van der Waals surface area contributed by atoms with Crippen LogP contribution in [0, 0.1) is 35.8 Å². The molecule has 1 aliphatic rings. The molecule has 1 aliphatic carbocycles. The van der Waals surface area contributed by atoms with E-state index in [1.165, 1.54) is 19.3 Å². The number of nitrogens with zero attached hydrogens (tertiary/aromatic N) is 2. The monoisotopic (exact) mass is 291 g/mol. The van der Waals surface area contributed by atoms with Crippen molar-refractivity contribution >= 4 is 5.69 Å². The first-order valence-electron chi connectivity index (χ1n) is 7.71. The van der Waals surface area contributed by atoms with Crippen molar-refractivity contribution < 1.29 is 4.92 Å². The van der Waals surface area contributed by atoms with Crippen LogP contribution in [0.3, 0.4) is 0 Å². The second-order valence-corrected chi connectivity index (χ2v) is 6.61. The van der Waals surface area contributed by atoms with Gasteiger partial charge in [0.2, 0.25) is 0 Å². The van der Waals surface area contributed by atoms with Crippen molar-refractivity contribution in [3.63, 3.8) is 0 Å². The largest absolute Gasteiger partial charge is 0.308 e. The van der Waals surface area contributed by atoms with E-state index in [4.69, 9.17) is 0 Å². The summed E-state index contributed by atoms with van der Waals surface area (Å²) in [6.45, 7) is 8.73. The van der Waals surface area contributed by atoms with E-state index in [0.29, 0.717) is 23.7 Å². The van der Waals surface area contributed by atoms with E-state index in [-0.39, 0.29) is 10.6 Å². The van der Waals surface area contributed by atoms with Crippen molar-refractivity contribution in [3.8, 4) is 0 Å². The van der Waals surface area contributed by atoms with Crippen LogP contribution in [0.5, 0.6) is 0 Å². The van der Waals surface area contributed by atoms with Gasteiger partial charge in [-0.1, -0.05) is 13.8 Å². The van der Waals surface area contributed by atoms with Crippen molar-refractivity contribution in [2.45, 2.75) is 59.5 Å². The zero-order chi connectivity index (χ0) is 15.6. The molecule has 1 N–H and O–H groups in total. The quantitative estimate of drug-likeness (QED) is 0.680. The maximum Gasteiger partial charge on any atom is 0.278 e. The Morgan fingerprint density at radius 1 is 1.29 bits per heavy atom. The molecule has 1 aromatic heterocycles. The normalized spacial score (nSPS) is 25.8. The summed E-state index contributed by atoms with van der Waals surface area (Å²) in [6, 6.07) is 0.491. The molecule has 0 bridgehead atoms. The van der Waals surface area contributed by atoms with Crippen molar-refractivity contribution in [2.24, 2.45) is 11.8 Å². The summed E-state index contributed by atoms with van der Waals surface area (Å²) in [7, 11) is 0. The molecule has 0 saturated heterocycles. The Hall–Kier alpha value is -1.49. The Morgan fingerprint density at radius 3 is 2.48 bits per heavy atom. The molecule has 5 heteroatoms. The summed E-state index contributed by atoms with van der Waals surface area (Å²) < 4.78 is 0. The molecule has 1 aromatic rings. The lowest BCUT2D eigenvalue weighted by molar-refractivity contribution is -0.386. The number of nitrogens with one attached hydrogen (secondary N) is 1. The SMILES string of the molecule is Cc1cnc(CNC2CC(C)CC(C)C2)c(C)c1[N+](=O)[O-]. The predicted molar refractivity (Wildman–Crippen MR) is 83.2 cm³/mol. The van der Waals surface area contributed by atoms with Crippen LogP contribution in [-0.4, -0.2) is 15.9 Å². The molecule has 1 saturated carbocycles. The molecule has 2 unspecified atom stereocenters. The number of nitro groups is 1. The molecular weight excluding hydrogens is 266 g/mol. The van der Waals surface area contributed by atoms with Crippen LogP contribution >= 0.6 is 0 Å². The minimum atomic E-state index is -0.305. The van der Waals surface area contributed by atoms with Crippen LogP contribution in [0.4, 0.5) is 5.69 Å². The van der Waals surface area contributed by atoms with E-state index in [0.717, 1.165) is 17.5 Å². The van der Waals surface area contributed by atoms with E-state index < -0.39 is 0 Å². The highest BCUT2D eigenvalue weighted by molar-refractivity contribution is 5.47. The number of pyridine rings is 1. The average Bonchev–Trinajstić information content (AvgIpc) is 2.36. The average molecular weight is 291 g/mol. The molecule has 0 aromatic carbocycles. The zero-order valence-electron chi connectivity index (χ0n) is 13.3. The molecular formula is C16H25N3O2. The molecule has 21 heavy (non-hydrogen) atoms.